The van der Waals surface area contributed by atoms with Crippen molar-refractivity contribution in [3.8, 4) is 11.5 Å². The largest absolute Gasteiger partial charge is 0.441 e. The fraction of sp³-hybridized carbons (Fsp3) is 0.360. The monoisotopic (exact) mass is 465 g/mol. The number of Topliss-reactive ketones (excluding diaryl/α,β-unsaturated/α-hetero) is 1. The minimum absolute atomic E-state index is 0.00538. The minimum atomic E-state index is -0.276. The van der Waals surface area contributed by atoms with Gasteiger partial charge in [-0.1, -0.05) is 25.0 Å². The lowest BCUT2D eigenvalue weighted by Gasteiger charge is -2.11. The van der Waals surface area contributed by atoms with E-state index in [1.165, 1.54) is 31.1 Å². The van der Waals surface area contributed by atoms with Crippen molar-refractivity contribution >= 4 is 34.6 Å². The van der Waals surface area contributed by atoms with Crippen LogP contribution in [0.1, 0.15) is 70.5 Å². The Hall–Kier alpha value is -3.26. The van der Waals surface area contributed by atoms with Crippen molar-refractivity contribution in [2.24, 2.45) is 5.92 Å². The number of thiophene rings is 1. The summed E-state index contributed by atoms with van der Waals surface area (Å²) in [5.74, 6) is 1.11. The van der Waals surface area contributed by atoms with E-state index in [9.17, 15) is 14.4 Å². The Labute approximate surface area is 196 Å². The zero-order valence-corrected chi connectivity index (χ0v) is 19.6. The molecule has 8 heteroatoms. The third-order valence-corrected chi connectivity index (χ3v) is 6.93. The summed E-state index contributed by atoms with van der Waals surface area (Å²) in [6.07, 6.45) is 5.17. The lowest BCUT2D eigenvalue weighted by atomic mass is 10.0. The van der Waals surface area contributed by atoms with Gasteiger partial charge in [-0.2, -0.15) is 0 Å². The van der Waals surface area contributed by atoms with Crippen LogP contribution in [0.2, 0.25) is 0 Å². The smallest absolute Gasteiger partial charge is 0.252 e. The number of nitrogens with zero attached hydrogens (tertiary/aromatic N) is 1. The second-order valence-electron chi connectivity index (χ2n) is 8.41. The maximum atomic E-state index is 12.6. The van der Waals surface area contributed by atoms with Crippen molar-refractivity contribution in [2.75, 3.05) is 5.32 Å². The van der Waals surface area contributed by atoms with Crippen molar-refractivity contribution in [3.63, 3.8) is 0 Å². The molecule has 0 radical (unpaired) electrons. The summed E-state index contributed by atoms with van der Waals surface area (Å²) in [6.45, 7) is 3.45. The third-order valence-electron chi connectivity index (χ3n) is 5.90. The van der Waals surface area contributed by atoms with Crippen LogP contribution in [0, 0.1) is 12.8 Å². The van der Waals surface area contributed by atoms with E-state index in [-0.39, 0.29) is 24.1 Å². The average molecular weight is 466 g/mol. The van der Waals surface area contributed by atoms with E-state index < -0.39 is 0 Å². The van der Waals surface area contributed by atoms with E-state index >= 15 is 0 Å². The Kier molecular flexibility index (Phi) is 7.03. The SMILES string of the molecule is CC(=O)c1cc(C(=O)NCc2nc(-c3ccccc3NC(=O)CC3CCCC3)oc2C)cs1. The molecule has 0 unspecified atom stereocenters. The van der Waals surface area contributed by atoms with Crippen LogP contribution in [0.5, 0.6) is 0 Å². The van der Waals surface area contributed by atoms with Gasteiger partial charge in [-0.05, 0) is 50.8 Å². The quantitative estimate of drug-likeness (QED) is 0.436. The zero-order chi connectivity index (χ0) is 23.4. The molecule has 0 saturated heterocycles. The number of hydrogen-bond acceptors (Lipinski definition) is 6. The lowest BCUT2D eigenvalue weighted by Crippen LogP contribution is -2.22. The fourth-order valence-electron chi connectivity index (χ4n) is 4.07. The number of nitrogens with one attached hydrogen (secondary N) is 2. The molecule has 172 valence electrons. The molecule has 2 heterocycles. The molecule has 7 nitrogen and oxygen atoms in total. The summed E-state index contributed by atoms with van der Waals surface area (Å²) < 4.78 is 5.87. The van der Waals surface area contributed by atoms with Crippen LogP contribution in [0.25, 0.3) is 11.5 Å². The highest BCUT2D eigenvalue weighted by Crippen LogP contribution is 2.31. The molecule has 0 aliphatic heterocycles. The topological polar surface area (TPSA) is 101 Å². The fourth-order valence-corrected chi connectivity index (χ4v) is 4.86. The van der Waals surface area contributed by atoms with Crippen LogP contribution in [0.3, 0.4) is 0 Å². The Morgan fingerprint density at radius 3 is 2.67 bits per heavy atom. The molecule has 2 N–H and O–H groups in total. The first-order chi connectivity index (χ1) is 15.9. The van der Waals surface area contributed by atoms with Crippen LogP contribution in [0.4, 0.5) is 5.69 Å². The van der Waals surface area contributed by atoms with Gasteiger partial charge in [-0.25, -0.2) is 4.98 Å². The summed E-state index contributed by atoms with van der Waals surface area (Å²) in [5, 5.41) is 7.50. The molecule has 3 aromatic rings. The molecule has 0 atom stereocenters. The van der Waals surface area contributed by atoms with E-state index in [0.29, 0.717) is 51.4 Å². The number of rotatable bonds is 8. The number of amides is 2. The van der Waals surface area contributed by atoms with Gasteiger partial charge in [0.05, 0.1) is 28.2 Å². The van der Waals surface area contributed by atoms with Crippen molar-refractivity contribution in [1.82, 2.24) is 10.3 Å². The summed E-state index contributed by atoms with van der Waals surface area (Å²) >= 11 is 1.25. The Bertz CT molecular complexity index is 1170. The molecule has 1 aliphatic rings. The summed E-state index contributed by atoms with van der Waals surface area (Å²) in [6, 6.07) is 9.02. The third kappa shape index (κ3) is 5.57. The number of hydrogen-bond donors (Lipinski definition) is 2. The molecule has 1 aromatic carbocycles. The van der Waals surface area contributed by atoms with Gasteiger partial charge in [-0.3, -0.25) is 14.4 Å². The molecule has 1 aliphatic carbocycles. The molecule has 2 aromatic heterocycles. The zero-order valence-electron chi connectivity index (χ0n) is 18.8. The summed E-state index contributed by atoms with van der Waals surface area (Å²) in [7, 11) is 0. The first-order valence-corrected chi connectivity index (χ1v) is 12.0. The number of carbonyl (C=O) groups is 3. The van der Waals surface area contributed by atoms with Gasteiger partial charge in [0, 0.05) is 11.8 Å². The predicted molar refractivity (Wildman–Crippen MR) is 127 cm³/mol. The second kappa shape index (κ2) is 10.1. The molecule has 2 amide bonds. The maximum absolute atomic E-state index is 12.6. The van der Waals surface area contributed by atoms with Crippen LogP contribution in [0.15, 0.2) is 40.1 Å². The molecule has 1 saturated carbocycles. The van der Waals surface area contributed by atoms with Gasteiger partial charge < -0.3 is 15.1 Å². The van der Waals surface area contributed by atoms with Gasteiger partial charge in [0.25, 0.3) is 5.91 Å². The van der Waals surface area contributed by atoms with Crippen LogP contribution < -0.4 is 10.6 Å². The maximum Gasteiger partial charge on any atom is 0.252 e. The van der Waals surface area contributed by atoms with E-state index in [1.807, 2.05) is 24.3 Å². The summed E-state index contributed by atoms with van der Waals surface area (Å²) in [4.78, 5) is 41.6. The van der Waals surface area contributed by atoms with Crippen molar-refractivity contribution in [3.05, 3.63) is 57.6 Å². The number of ketones is 1. The standard InChI is InChI=1S/C25H27N3O4S/c1-15(29)22-12-18(14-33-22)24(31)26-13-21-16(2)32-25(28-21)19-9-5-6-10-20(19)27-23(30)11-17-7-3-4-8-17/h5-6,9-10,12,14,17H,3-4,7-8,11,13H2,1-2H3,(H,26,31)(H,27,30). The van der Waals surface area contributed by atoms with Gasteiger partial charge in [0.2, 0.25) is 11.8 Å². The highest BCUT2D eigenvalue weighted by Gasteiger charge is 2.21. The average Bonchev–Trinajstić information content (AvgIpc) is 3.54. The van der Waals surface area contributed by atoms with Gasteiger partial charge in [0.1, 0.15) is 11.5 Å². The normalized spacial score (nSPS) is 13.8. The molecule has 1 fully saturated rings. The first-order valence-electron chi connectivity index (χ1n) is 11.1. The number of aromatic nitrogens is 1. The molecule has 33 heavy (non-hydrogen) atoms. The van der Waals surface area contributed by atoms with Crippen molar-refractivity contribution < 1.29 is 18.8 Å². The van der Waals surface area contributed by atoms with Crippen LogP contribution in [-0.2, 0) is 11.3 Å². The number of para-hydroxylation sites is 1. The Balaban J connectivity index is 1.43. The number of aryl methyl sites for hydroxylation is 1. The van der Waals surface area contributed by atoms with E-state index in [1.54, 1.807) is 18.4 Å². The van der Waals surface area contributed by atoms with E-state index in [2.05, 4.69) is 15.6 Å². The number of carbonyl (C=O) groups excluding carboxylic acids is 3. The molecular weight excluding hydrogens is 438 g/mol. The van der Waals surface area contributed by atoms with Crippen molar-refractivity contribution in [2.45, 2.75) is 52.5 Å². The molecule has 0 spiro atoms. The number of anilines is 1. The van der Waals surface area contributed by atoms with E-state index in [4.69, 9.17) is 4.42 Å². The van der Waals surface area contributed by atoms with Gasteiger partial charge in [-0.15, -0.1) is 11.3 Å². The number of benzene rings is 1. The Morgan fingerprint density at radius 2 is 1.94 bits per heavy atom. The number of oxazole rings is 1. The first kappa shape index (κ1) is 22.9. The van der Waals surface area contributed by atoms with E-state index in [0.717, 1.165) is 12.8 Å². The highest BCUT2D eigenvalue weighted by atomic mass is 32.1. The highest BCUT2D eigenvalue weighted by molar-refractivity contribution is 7.12. The van der Waals surface area contributed by atoms with Crippen LogP contribution in [-0.4, -0.2) is 22.6 Å². The van der Waals surface area contributed by atoms with Gasteiger partial charge in [0.15, 0.2) is 5.78 Å². The second-order valence-corrected chi connectivity index (χ2v) is 9.32. The van der Waals surface area contributed by atoms with Crippen molar-refractivity contribution in [1.29, 1.82) is 0 Å². The summed E-state index contributed by atoms with van der Waals surface area (Å²) in [5.41, 5.74) is 2.41. The minimum Gasteiger partial charge on any atom is -0.441 e. The molecular formula is C25H27N3O4S. The molecule has 0 bridgehead atoms. The predicted octanol–water partition coefficient (Wildman–Crippen LogP) is 5.36. The molecule has 4 rings (SSSR count). The van der Waals surface area contributed by atoms with Crippen LogP contribution >= 0.6 is 11.3 Å². The lowest BCUT2D eigenvalue weighted by molar-refractivity contribution is -0.117. The Morgan fingerprint density at radius 1 is 1.18 bits per heavy atom. The van der Waals surface area contributed by atoms with Gasteiger partial charge >= 0.3 is 0 Å².